The molecule has 0 spiro atoms. The van der Waals surface area contributed by atoms with Crippen LogP contribution in [0.4, 0.5) is 9.52 Å². The number of carbonyl (C=O) groups excluding carboxylic acids is 3. The topological polar surface area (TPSA) is 70.6 Å². The summed E-state index contributed by atoms with van der Waals surface area (Å²) in [7, 11) is 0. The van der Waals surface area contributed by atoms with E-state index < -0.39 is 0 Å². The number of hydrogen-bond acceptors (Lipinski definition) is 5. The van der Waals surface area contributed by atoms with Gasteiger partial charge in [-0.25, -0.2) is 9.37 Å². The second-order valence-electron chi connectivity index (χ2n) is 8.50. The van der Waals surface area contributed by atoms with E-state index >= 15 is 0 Å². The molecule has 0 N–H and O–H groups in total. The van der Waals surface area contributed by atoms with Gasteiger partial charge in [-0.15, -0.1) is 11.3 Å². The number of unbranched alkanes of at least 4 members (excludes halogenated alkanes) is 1. The highest BCUT2D eigenvalue weighted by Crippen LogP contribution is 2.38. The van der Waals surface area contributed by atoms with Crippen LogP contribution in [-0.2, 0) is 14.4 Å². The summed E-state index contributed by atoms with van der Waals surface area (Å²) in [6, 6.07) is 6.10. The number of thiazole rings is 1. The van der Waals surface area contributed by atoms with E-state index in [1.54, 1.807) is 17.0 Å². The Morgan fingerprint density at radius 2 is 1.81 bits per heavy atom. The van der Waals surface area contributed by atoms with Crippen molar-refractivity contribution in [1.82, 2.24) is 9.88 Å². The SMILES string of the molecule is CCCCN(C(=O)CCN1C(=O)C2CCCCC2C1=O)c1nc(-c2ccc(F)cc2)cs1. The van der Waals surface area contributed by atoms with E-state index in [0.29, 0.717) is 17.4 Å². The van der Waals surface area contributed by atoms with Crippen molar-refractivity contribution >= 4 is 34.2 Å². The highest BCUT2D eigenvalue weighted by atomic mass is 32.1. The van der Waals surface area contributed by atoms with Crippen LogP contribution in [-0.4, -0.2) is 40.7 Å². The van der Waals surface area contributed by atoms with E-state index in [2.05, 4.69) is 11.9 Å². The van der Waals surface area contributed by atoms with Crippen molar-refractivity contribution in [2.24, 2.45) is 11.8 Å². The number of likely N-dealkylation sites (tertiary alicyclic amines) is 1. The zero-order valence-corrected chi connectivity index (χ0v) is 19.1. The molecule has 3 amide bonds. The molecule has 32 heavy (non-hydrogen) atoms. The minimum atomic E-state index is -0.310. The van der Waals surface area contributed by atoms with Crippen LogP contribution in [0.25, 0.3) is 11.3 Å². The lowest BCUT2D eigenvalue weighted by Crippen LogP contribution is -2.38. The Morgan fingerprint density at radius 3 is 2.44 bits per heavy atom. The number of amides is 3. The number of fused-ring (bicyclic) bond motifs is 1. The summed E-state index contributed by atoms with van der Waals surface area (Å²) in [5, 5.41) is 2.43. The van der Waals surface area contributed by atoms with Crippen molar-refractivity contribution in [2.45, 2.75) is 51.9 Å². The fourth-order valence-electron chi connectivity index (χ4n) is 4.58. The van der Waals surface area contributed by atoms with Crippen LogP contribution < -0.4 is 4.90 Å². The zero-order valence-electron chi connectivity index (χ0n) is 18.3. The minimum absolute atomic E-state index is 0.0894. The van der Waals surface area contributed by atoms with Crippen molar-refractivity contribution in [3.8, 4) is 11.3 Å². The molecule has 2 aromatic rings. The molecule has 2 atom stereocenters. The maximum absolute atomic E-state index is 13.2. The van der Waals surface area contributed by atoms with Crippen molar-refractivity contribution < 1.29 is 18.8 Å². The standard InChI is InChI=1S/C24H28FN3O3S/c1-2-3-13-27(24-26-20(15-32-24)16-8-10-17(25)11-9-16)21(29)12-14-28-22(30)18-6-4-5-7-19(18)23(28)31/h8-11,15,18-19H,2-7,12-14H2,1H3. The number of halogens is 1. The fraction of sp³-hybridized carbons (Fsp3) is 0.500. The van der Waals surface area contributed by atoms with Gasteiger partial charge < -0.3 is 0 Å². The first-order valence-corrected chi connectivity index (χ1v) is 12.2. The third-order valence-electron chi connectivity index (χ3n) is 6.38. The van der Waals surface area contributed by atoms with Gasteiger partial charge in [-0.2, -0.15) is 0 Å². The summed E-state index contributed by atoms with van der Waals surface area (Å²) in [5.74, 6) is -1.07. The van der Waals surface area contributed by atoms with Gasteiger partial charge >= 0.3 is 0 Å². The van der Waals surface area contributed by atoms with Gasteiger partial charge in [0.25, 0.3) is 0 Å². The molecule has 0 bridgehead atoms. The lowest BCUT2D eigenvalue weighted by Gasteiger charge is -2.21. The van der Waals surface area contributed by atoms with Crippen LogP contribution in [0, 0.1) is 17.7 Å². The highest BCUT2D eigenvalue weighted by molar-refractivity contribution is 7.14. The number of carbonyl (C=O) groups is 3. The zero-order chi connectivity index (χ0) is 22.7. The van der Waals surface area contributed by atoms with Crippen LogP contribution in [0.15, 0.2) is 29.6 Å². The van der Waals surface area contributed by atoms with Crippen LogP contribution in [0.5, 0.6) is 0 Å². The van der Waals surface area contributed by atoms with E-state index in [0.717, 1.165) is 44.1 Å². The molecule has 2 unspecified atom stereocenters. The predicted octanol–water partition coefficient (Wildman–Crippen LogP) is 4.65. The van der Waals surface area contributed by atoms with Crippen molar-refractivity contribution in [3.05, 3.63) is 35.5 Å². The van der Waals surface area contributed by atoms with Gasteiger partial charge in [0.2, 0.25) is 17.7 Å². The van der Waals surface area contributed by atoms with E-state index in [9.17, 15) is 18.8 Å². The summed E-state index contributed by atoms with van der Waals surface area (Å²) in [6.45, 7) is 2.71. The largest absolute Gasteiger partial charge is 0.288 e. The van der Waals surface area contributed by atoms with E-state index in [1.165, 1.54) is 28.4 Å². The van der Waals surface area contributed by atoms with Gasteiger partial charge in [0.15, 0.2) is 5.13 Å². The lowest BCUT2D eigenvalue weighted by atomic mass is 9.81. The molecule has 6 nitrogen and oxygen atoms in total. The summed E-state index contributed by atoms with van der Waals surface area (Å²) < 4.78 is 13.2. The normalized spacial score (nSPS) is 20.5. The molecular weight excluding hydrogens is 429 g/mol. The molecular formula is C24H28FN3O3S. The molecule has 2 fully saturated rings. The number of aromatic nitrogens is 1. The average molecular weight is 458 g/mol. The van der Waals surface area contributed by atoms with Gasteiger partial charge in [-0.1, -0.05) is 26.2 Å². The Labute approximate surface area is 191 Å². The maximum Gasteiger partial charge on any atom is 0.233 e. The number of anilines is 1. The van der Waals surface area contributed by atoms with Crippen molar-refractivity contribution in [2.75, 3.05) is 18.0 Å². The summed E-state index contributed by atoms with van der Waals surface area (Å²) in [6.07, 6.45) is 5.35. The first kappa shape index (κ1) is 22.6. The quantitative estimate of drug-likeness (QED) is 0.541. The Kier molecular flexibility index (Phi) is 6.98. The smallest absolute Gasteiger partial charge is 0.233 e. The van der Waals surface area contributed by atoms with Crippen LogP contribution >= 0.6 is 11.3 Å². The van der Waals surface area contributed by atoms with Gasteiger partial charge in [-0.05, 0) is 43.5 Å². The molecule has 4 rings (SSSR count). The van der Waals surface area contributed by atoms with Crippen LogP contribution in [0.3, 0.4) is 0 Å². The molecule has 1 saturated heterocycles. The van der Waals surface area contributed by atoms with E-state index in [1.807, 2.05) is 5.38 Å². The Balaban J connectivity index is 1.45. The number of benzene rings is 1. The molecule has 1 aromatic heterocycles. The number of hydrogen-bond donors (Lipinski definition) is 0. The number of rotatable bonds is 8. The average Bonchev–Trinajstić information content (AvgIpc) is 3.37. The Hall–Kier alpha value is -2.61. The lowest BCUT2D eigenvalue weighted by molar-refractivity contribution is -0.140. The maximum atomic E-state index is 13.2. The summed E-state index contributed by atoms with van der Waals surface area (Å²) in [5.41, 5.74) is 1.47. The van der Waals surface area contributed by atoms with Crippen molar-refractivity contribution in [3.63, 3.8) is 0 Å². The van der Waals surface area contributed by atoms with Gasteiger partial charge in [0.05, 0.1) is 17.5 Å². The third-order valence-corrected chi connectivity index (χ3v) is 7.24. The van der Waals surface area contributed by atoms with Crippen LogP contribution in [0.2, 0.25) is 0 Å². The molecule has 1 aliphatic carbocycles. The first-order valence-electron chi connectivity index (χ1n) is 11.4. The molecule has 0 radical (unpaired) electrons. The van der Waals surface area contributed by atoms with Gasteiger partial charge in [0.1, 0.15) is 5.82 Å². The third kappa shape index (κ3) is 4.60. The van der Waals surface area contributed by atoms with E-state index in [4.69, 9.17) is 0 Å². The number of imide groups is 1. The summed E-state index contributed by atoms with van der Waals surface area (Å²) >= 11 is 1.36. The molecule has 8 heteroatoms. The highest BCUT2D eigenvalue weighted by Gasteiger charge is 2.47. The molecule has 1 aromatic carbocycles. The monoisotopic (exact) mass is 457 g/mol. The summed E-state index contributed by atoms with van der Waals surface area (Å²) in [4.78, 5) is 46.1. The van der Waals surface area contributed by atoms with Crippen LogP contribution in [0.1, 0.15) is 51.9 Å². The Bertz CT molecular complexity index is 967. The van der Waals surface area contributed by atoms with E-state index in [-0.39, 0.29) is 48.3 Å². The van der Waals surface area contributed by atoms with Crippen molar-refractivity contribution in [1.29, 1.82) is 0 Å². The predicted molar refractivity (Wildman–Crippen MR) is 122 cm³/mol. The van der Waals surface area contributed by atoms with Gasteiger partial charge in [-0.3, -0.25) is 24.2 Å². The fourth-order valence-corrected chi connectivity index (χ4v) is 5.46. The molecule has 2 heterocycles. The number of nitrogens with zero attached hydrogens (tertiary/aromatic N) is 3. The first-order chi connectivity index (χ1) is 15.5. The molecule has 1 saturated carbocycles. The molecule has 2 aliphatic rings. The second kappa shape index (κ2) is 9.90. The minimum Gasteiger partial charge on any atom is -0.288 e. The van der Waals surface area contributed by atoms with Gasteiger partial charge in [0, 0.05) is 30.5 Å². The molecule has 170 valence electrons. The second-order valence-corrected chi connectivity index (χ2v) is 9.33. The Morgan fingerprint density at radius 1 is 1.16 bits per heavy atom. The molecule has 1 aliphatic heterocycles.